The Morgan fingerprint density at radius 2 is 2.14 bits per heavy atom. The molecule has 2 nitrogen and oxygen atoms in total. The fraction of sp³-hybridized carbons (Fsp3) is 0.500. The van der Waals surface area contributed by atoms with E-state index in [0.717, 1.165) is 6.42 Å². The van der Waals surface area contributed by atoms with Crippen molar-refractivity contribution in [3.05, 3.63) is 51.0 Å². The van der Waals surface area contributed by atoms with Crippen molar-refractivity contribution in [1.82, 2.24) is 10.3 Å². The van der Waals surface area contributed by atoms with Gasteiger partial charge in [-0.1, -0.05) is 12.5 Å². The van der Waals surface area contributed by atoms with Gasteiger partial charge in [0.05, 0.1) is 0 Å². The van der Waals surface area contributed by atoms with Gasteiger partial charge in [0.1, 0.15) is 0 Å². The SMILES string of the molecule is CNC(Cc1ncccc1C)c1cc2c(s1)CCCCC2. The van der Waals surface area contributed by atoms with Gasteiger partial charge in [0.25, 0.3) is 0 Å². The van der Waals surface area contributed by atoms with Gasteiger partial charge in [0, 0.05) is 34.1 Å². The molecule has 0 fully saturated rings. The zero-order valence-electron chi connectivity index (χ0n) is 13.0. The first kappa shape index (κ1) is 14.7. The topological polar surface area (TPSA) is 24.9 Å². The molecule has 0 aliphatic heterocycles. The summed E-state index contributed by atoms with van der Waals surface area (Å²) in [5.74, 6) is 0. The van der Waals surface area contributed by atoms with Crippen molar-refractivity contribution in [3.63, 3.8) is 0 Å². The van der Waals surface area contributed by atoms with Gasteiger partial charge in [0.15, 0.2) is 0 Å². The number of thiophene rings is 1. The van der Waals surface area contributed by atoms with Crippen molar-refractivity contribution in [1.29, 1.82) is 0 Å². The Kier molecular flexibility index (Phi) is 4.71. The molecule has 2 aromatic heterocycles. The molecule has 1 aliphatic carbocycles. The van der Waals surface area contributed by atoms with E-state index in [1.165, 1.54) is 48.2 Å². The van der Waals surface area contributed by atoms with Crippen LogP contribution in [0.5, 0.6) is 0 Å². The third-order valence-electron chi connectivity index (χ3n) is 4.47. The Hall–Kier alpha value is -1.19. The average Bonchev–Trinajstić information content (AvgIpc) is 2.77. The molecule has 0 aromatic carbocycles. The monoisotopic (exact) mass is 300 g/mol. The molecule has 0 saturated carbocycles. The van der Waals surface area contributed by atoms with Crippen LogP contribution in [0.3, 0.4) is 0 Å². The van der Waals surface area contributed by atoms with Crippen molar-refractivity contribution < 1.29 is 0 Å². The highest BCUT2D eigenvalue weighted by Gasteiger charge is 2.18. The molecule has 0 saturated heterocycles. The summed E-state index contributed by atoms with van der Waals surface area (Å²) in [6, 6.07) is 7.00. The normalized spacial score (nSPS) is 16.3. The molecule has 3 heteroatoms. The zero-order valence-corrected chi connectivity index (χ0v) is 13.8. The number of pyridine rings is 1. The van der Waals surface area contributed by atoms with Gasteiger partial charge in [-0.15, -0.1) is 11.3 Å². The minimum absolute atomic E-state index is 0.385. The molecular weight excluding hydrogens is 276 g/mol. The maximum atomic E-state index is 4.55. The van der Waals surface area contributed by atoms with Gasteiger partial charge in [-0.25, -0.2) is 0 Å². The van der Waals surface area contributed by atoms with Crippen LogP contribution in [0.1, 0.15) is 51.9 Å². The van der Waals surface area contributed by atoms with E-state index in [9.17, 15) is 0 Å². The first-order valence-corrected chi connectivity index (χ1v) is 8.79. The van der Waals surface area contributed by atoms with Gasteiger partial charge < -0.3 is 5.32 Å². The van der Waals surface area contributed by atoms with Crippen molar-refractivity contribution in [2.75, 3.05) is 7.05 Å². The zero-order chi connectivity index (χ0) is 14.7. The number of likely N-dealkylation sites (N-methyl/N-ethyl adjacent to an activating group) is 1. The number of hydrogen-bond donors (Lipinski definition) is 1. The molecule has 1 atom stereocenters. The van der Waals surface area contributed by atoms with Gasteiger partial charge in [-0.2, -0.15) is 0 Å². The van der Waals surface area contributed by atoms with Crippen LogP contribution in [0.2, 0.25) is 0 Å². The summed E-state index contributed by atoms with van der Waals surface area (Å²) in [5.41, 5.74) is 4.10. The summed E-state index contributed by atoms with van der Waals surface area (Å²) in [4.78, 5) is 7.66. The molecule has 0 radical (unpaired) electrons. The summed E-state index contributed by atoms with van der Waals surface area (Å²) in [6.45, 7) is 2.15. The van der Waals surface area contributed by atoms with Crippen LogP contribution in [0.15, 0.2) is 24.4 Å². The molecule has 0 spiro atoms. The van der Waals surface area contributed by atoms with Crippen LogP contribution in [0.25, 0.3) is 0 Å². The highest BCUT2D eigenvalue weighted by atomic mass is 32.1. The highest BCUT2D eigenvalue weighted by molar-refractivity contribution is 7.12. The smallest absolute Gasteiger partial charge is 0.0468 e. The van der Waals surface area contributed by atoms with Gasteiger partial charge >= 0.3 is 0 Å². The second-order valence-corrected chi connectivity index (χ2v) is 7.14. The van der Waals surface area contributed by atoms with E-state index in [0.29, 0.717) is 6.04 Å². The summed E-state index contributed by atoms with van der Waals surface area (Å²) in [7, 11) is 2.06. The van der Waals surface area contributed by atoms with E-state index in [1.807, 2.05) is 23.6 Å². The van der Waals surface area contributed by atoms with Crippen molar-refractivity contribution in [3.8, 4) is 0 Å². The van der Waals surface area contributed by atoms with E-state index < -0.39 is 0 Å². The van der Waals surface area contributed by atoms with Crippen LogP contribution in [-0.2, 0) is 19.3 Å². The number of hydrogen-bond acceptors (Lipinski definition) is 3. The van der Waals surface area contributed by atoms with Gasteiger partial charge in [-0.05, 0) is 62.9 Å². The lowest BCUT2D eigenvalue weighted by atomic mass is 10.0. The lowest BCUT2D eigenvalue weighted by Crippen LogP contribution is -2.18. The van der Waals surface area contributed by atoms with Crippen LogP contribution < -0.4 is 5.32 Å². The molecule has 0 amide bonds. The second-order valence-electron chi connectivity index (χ2n) is 5.97. The van der Waals surface area contributed by atoms with Crippen LogP contribution >= 0.6 is 11.3 Å². The predicted molar refractivity (Wildman–Crippen MR) is 90.1 cm³/mol. The molecular formula is C18H24N2S. The third-order valence-corrected chi connectivity index (χ3v) is 5.82. The molecule has 21 heavy (non-hydrogen) atoms. The minimum Gasteiger partial charge on any atom is -0.312 e. The highest BCUT2D eigenvalue weighted by Crippen LogP contribution is 2.33. The number of nitrogens with zero attached hydrogens (tertiary/aromatic N) is 1. The number of rotatable bonds is 4. The molecule has 112 valence electrons. The van der Waals surface area contributed by atoms with E-state index in [-0.39, 0.29) is 0 Å². The van der Waals surface area contributed by atoms with Gasteiger partial charge in [0.2, 0.25) is 0 Å². The fourth-order valence-electron chi connectivity index (χ4n) is 3.13. The number of fused-ring (bicyclic) bond motifs is 1. The average molecular weight is 300 g/mol. The van der Waals surface area contributed by atoms with Crippen LogP contribution in [0, 0.1) is 6.92 Å². The van der Waals surface area contributed by atoms with E-state index in [2.05, 4.69) is 36.4 Å². The first-order chi connectivity index (χ1) is 10.3. The molecule has 1 unspecified atom stereocenters. The maximum absolute atomic E-state index is 4.55. The second kappa shape index (κ2) is 6.71. The van der Waals surface area contributed by atoms with Crippen molar-refractivity contribution >= 4 is 11.3 Å². The van der Waals surface area contributed by atoms with Crippen LogP contribution in [-0.4, -0.2) is 12.0 Å². The molecule has 1 aliphatic rings. The first-order valence-electron chi connectivity index (χ1n) is 7.97. The standard InChI is InChI=1S/C18H24N2S/c1-13-7-6-10-20-15(13)12-16(19-2)18-11-14-8-4-3-5-9-17(14)21-18/h6-7,10-11,16,19H,3-5,8-9,12H2,1-2H3. The predicted octanol–water partition coefficient (Wildman–Crippen LogP) is 4.22. The molecule has 1 N–H and O–H groups in total. The Balaban J connectivity index is 1.82. The van der Waals surface area contributed by atoms with Crippen molar-refractivity contribution in [2.24, 2.45) is 0 Å². The fourth-order valence-corrected chi connectivity index (χ4v) is 4.50. The number of aryl methyl sites for hydroxylation is 3. The Bertz CT molecular complexity index is 580. The lowest BCUT2D eigenvalue weighted by Gasteiger charge is -2.15. The van der Waals surface area contributed by atoms with E-state index >= 15 is 0 Å². The molecule has 2 heterocycles. The minimum atomic E-state index is 0.385. The number of aromatic nitrogens is 1. The lowest BCUT2D eigenvalue weighted by molar-refractivity contribution is 0.591. The summed E-state index contributed by atoms with van der Waals surface area (Å²) in [5, 5.41) is 3.49. The Morgan fingerprint density at radius 1 is 1.29 bits per heavy atom. The maximum Gasteiger partial charge on any atom is 0.0468 e. The van der Waals surface area contributed by atoms with Gasteiger partial charge in [-0.3, -0.25) is 4.98 Å². The summed E-state index contributed by atoms with van der Waals surface area (Å²) in [6.07, 6.45) is 9.52. The van der Waals surface area contributed by atoms with E-state index in [4.69, 9.17) is 0 Å². The Morgan fingerprint density at radius 3 is 2.95 bits per heavy atom. The van der Waals surface area contributed by atoms with E-state index in [1.54, 1.807) is 10.4 Å². The van der Waals surface area contributed by atoms with Crippen LogP contribution in [0.4, 0.5) is 0 Å². The third kappa shape index (κ3) is 3.35. The largest absolute Gasteiger partial charge is 0.312 e. The summed E-state index contributed by atoms with van der Waals surface area (Å²) >= 11 is 2.02. The Labute approximate surface area is 131 Å². The molecule has 3 rings (SSSR count). The number of nitrogens with one attached hydrogen (secondary N) is 1. The van der Waals surface area contributed by atoms with Crippen molar-refractivity contribution in [2.45, 2.75) is 51.5 Å². The summed E-state index contributed by atoms with van der Waals surface area (Å²) < 4.78 is 0. The quantitative estimate of drug-likeness (QED) is 0.855. The molecule has 2 aromatic rings. The molecule has 0 bridgehead atoms.